The average Bonchev–Trinajstić information content (AvgIpc) is 3.10. The van der Waals surface area contributed by atoms with Crippen molar-refractivity contribution in [1.29, 1.82) is 0 Å². The quantitative estimate of drug-likeness (QED) is 0.103. The van der Waals surface area contributed by atoms with Gasteiger partial charge in [-0.05, 0) is 37.5 Å². The van der Waals surface area contributed by atoms with Crippen molar-refractivity contribution in [3.05, 3.63) is 47.2 Å². The SMILES string of the molecule is C/C=C1/[C@H](O[C@@H]2O[C@H](COC(C)=O)[C@@H](OC(C)=O)[C@H](OC(C)=O)[C@H]2OC(C)=O)OC=C(C(=O)OC)[C@H]1CC(=O)OCCCc1ccc(OC)c(OC)c1. The summed E-state index contributed by atoms with van der Waals surface area (Å²) in [7, 11) is 4.25. The maximum Gasteiger partial charge on any atom is 0.337 e. The third-order valence-corrected chi connectivity index (χ3v) is 8.02. The van der Waals surface area contributed by atoms with Gasteiger partial charge in [0, 0.05) is 39.2 Å². The van der Waals surface area contributed by atoms with E-state index in [1.807, 2.05) is 12.1 Å². The molecule has 2 heterocycles. The summed E-state index contributed by atoms with van der Waals surface area (Å²) in [5.74, 6) is -4.37. The first-order valence-electron chi connectivity index (χ1n) is 16.6. The van der Waals surface area contributed by atoms with E-state index in [0.29, 0.717) is 24.3 Å². The minimum Gasteiger partial charge on any atom is -0.493 e. The van der Waals surface area contributed by atoms with Crippen molar-refractivity contribution in [3.63, 3.8) is 0 Å². The number of esters is 6. The van der Waals surface area contributed by atoms with Crippen molar-refractivity contribution in [2.24, 2.45) is 5.92 Å². The molecule has 17 heteroatoms. The number of carbonyl (C=O) groups excluding carboxylic acids is 6. The monoisotopic (exact) mass is 750 g/mol. The molecular weight excluding hydrogens is 704 g/mol. The Morgan fingerprint density at radius 2 is 1.43 bits per heavy atom. The second-order valence-corrected chi connectivity index (χ2v) is 11.8. The van der Waals surface area contributed by atoms with Gasteiger partial charge in [-0.1, -0.05) is 12.1 Å². The van der Waals surface area contributed by atoms with Gasteiger partial charge in [0.15, 0.2) is 29.8 Å². The number of hydrogen-bond donors (Lipinski definition) is 0. The summed E-state index contributed by atoms with van der Waals surface area (Å²) >= 11 is 0. The van der Waals surface area contributed by atoms with Crippen LogP contribution in [0.1, 0.15) is 53.0 Å². The van der Waals surface area contributed by atoms with Gasteiger partial charge in [0.1, 0.15) is 12.7 Å². The van der Waals surface area contributed by atoms with Crippen molar-refractivity contribution < 1.29 is 80.9 Å². The zero-order chi connectivity index (χ0) is 39.2. The highest BCUT2D eigenvalue weighted by molar-refractivity contribution is 5.90. The van der Waals surface area contributed by atoms with Crippen LogP contribution in [0.2, 0.25) is 0 Å². The van der Waals surface area contributed by atoms with Gasteiger partial charge in [-0.15, -0.1) is 0 Å². The van der Waals surface area contributed by atoms with E-state index < -0.39 is 85.3 Å². The van der Waals surface area contributed by atoms with Crippen LogP contribution in [0.25, 0.3) is 0 Å². The molecule has 53 heavy (non-hydrogen) atoms. The number of rotatable bonds is 16. The maximum absolute atomic E-state index is 13.2. The molecule has 3 rings (SSSR count). The number of aryl methyl sites for hydroxylation is 1. The molecule has 1 saturated heterocycles. The predicted molar refractivity (Wildman–Crippen MR) is 179 cm³/mol. The van der Waals surface area contributed by atoms with Crippen LogP contribution in [0, 0.1) is 5.92 Å². The Morgan fingerprint density at radius 1 is 0.792 bits per heavy atom. The number of benzene rings is 1. The highest BCUT2D eigenvalue weighted by Gasteiger charge is 2.54. The Hall–Kier alpha value is -5.16. The van der Waals surface area contributed by atoms with Crippen molar-refractivity contribution in [3.8, 4) is 11.5 Å². The van der Waals surface area contributed by atoms with E-state index in [9.17, 15) is 28.8 Å². The summed E-state index contributed by atoms with van der Waals surface area (Å²) in [6.07, 6.45) is -5.35. The number of carbonyl (C=O) groups is 6. The number of ether oxygens (including phenoxy) is 11. The Labute approximate surface area is 306 Å². The lowest BCUT2D eigenvalue weighted by atomic mass is 9.86. The molecule has 0 radical (unpaired) electrons. The zero-order valence-corrected chi connectivity index (χ0v) is 30.9. The molecule has 292 valence electrons. The lowest BCUT2D eigenvalue weighted by Crippen LogP contribution is -2.63. The molecule has 0 amide bonds. The highest BCUT2D eigenvalue weighted by atomic mass is 16.8. The largest absolute Gasteiger partial charge is 0.493 e. The molecule has 7 atom stereocenters. The fourth-order valence-electron chi connectivity index (χ4n) is 5.77. The van der Waals surface area contributed by atoms with Gasteiger partial charge >= 0.3 is 35.8 Å². The fraction of sp³-hybridized carbons (Fsp3) is 0.556. The molecule has 0 unspecified atom stereocenters. The van der Waals surface area contributed by atoms with Gasteiger partial charge in [0.2, 0.25) is 12.6 Å². The molecule has 0 aromatic heterocycles. The molecule has 0 spiro atoms. The van der Waals surface area contributed by atoms with Gasteiger partial charge in [-0.2, -0.15) is 0 Å². The second kappa shape index (κ2) is 20.2. The van der Waals surface area contributed by atoms with Crippen molar-refractivity contribution in [2.75, 3.05) is 34.5 Å². The molecule has 2 aliphatic rings. The minimum absolute atomic E-state index is 0.00993. The van der Waals surface area contributed by atoms with E-state index in [1.165, 1.54) is 14.2 Å². The van der Waals surface area contributed by atoms with Crippen LogP contribution < -0.4 is 9.47 Å². The lowest BCUT2D eigenvalue weighted by molar-refractivity contribution is -0.331. The lowest BCUT2D eigenvalue weighted by Gasteiger charge is -2.45. The molecule has 2 aliphatic heterocycles. The number of hydrogen-bond acceptors (Lipinski definition) is 17. The van der Waals surface area contributed by atoms with Crippen molar-refractivity contribution in [2.45, 2.75) is 90.9 Å². The van der Waals surface area contributed by atoms with E-state index in [2.05, 4.69) is 0 Å². The van der Waals surface area contributed by atoms with Crippen LogP contribution in [0.15, 0.2) is 41.7 Å². The zero-order valence-electron chi connectivity index (χ0n) is 30.9. The van der Waals surface area contributed by atoms with Crippen LogP contribution in [0.4, 0.5) is 0 Å². The molecule has 17 nitrogen and oxygen atoms in total. The van der Waals surface area contributed by atoms with E-state index in [-0.39, 0.29) is 24.2 Å². The van der Waals surface area contributed by atoms with E-state index in [0.717, 1.165) is 39.5 Å². The Kier molecular flexibility index (Phi) is 16.1. The van der Waals surface area contributed by atoms with Crippen molar-refractivity contribution in [1.82, 2.24) is 0 Å². The molecule has 0 saturated carbocycles. The minimum atomic E-state index is -1.60. The number of allylic oxidation sites excluding steroid dienone is 1. The predicted octanol–water partition coefficient (Wildman–Crippen LogP) is 2.65. The third-order valence-electron chi connectivity index (χ3n) is 8.02. The van der Waals surface area contributed by atoms with Crippen LogP contribution in [-0.2, 0) is 77.8 Å². The normalized spacial score (nSPS) is 24.4. The molecule has 1 aromatic rings. The van der Waals surface area contributed by atoms with E-state index in [4.69, 9.17) is 52.1 Å². The van der Waals surface area contributed by atoms with Gasteiger partial charge in [-0.25, -0.2) is 4.79 Å². The Balaban J connectivity index is 1.85. The smallest absolute Gasteiger partial charge is 0.337 e. The fourth-order valence-corrected chi connectivity index (χ4v) is 5.77. The molecular formula is C36H46O17. The Morgan fingerprint density at radius 3 is 2.02 bits per heavy atom. The summed E-state index contributed by atoms with van der Waals surface area (Å²) < 4.78 is 60.5. The highest BCUT2D eigenvalue weighted by Crippen LogP contribution is 2.38. The standard InChI is InChI=1S/C36H46O17/c1-9-24-25(16-30(41)46-14-10-11-23-12-13-27(43-6)28(15-23)44-7)26(34(42)45-8)17-48-35(24)53-36-33(51-22(5)40)32(50-21(4)39)31(49-20(3)38)29(52-36)18-47-19(2)37/h9,12-13,15,17,25,29,31-33,35-36H,10-11,14,16,18H2,1-8H3/b24-9+/t25-,29+,31+,32-,33+,35-,36-/m0/s1. The summed E-state index contributed by atoms with van der Waals surface area (Å²) in [5.41, 5.74) is 1.20. The third kappa shape index (κ3) is 11.9. The molecule has 0 aliphatic carbocycles. The second-order valence-electron chi connectivity index (χ2n) is 11.8. The molecule has 0 N–H and O–H groups in total. The Bertz CT molecular complexity index is 1550. The van der Waals surface area contributed by atoms with Crippen LogP contribution >= 0.6 is 0 Å². The van der Waals surface area contributed by atoms with Crippen molar-refractivity contribution >= 4 is 35.8 Å². The maximum atomic E-state index is 13.2. The molecule has 1 aromatic carbocycles. The van der Waals surface area contributed by atoms with Gasteiger partial charge in [-0.3, -0.25) is 24.0 Å². The van der Waals surface area contributed by atoms with E-state index in [1.54, 1.807) is 26.2 Å². The van der Waals surface area contributed by atoms with E-state index >= 15 is 0 Å². The first-order valence-corrected chi connectivity index (χ1v) is 16.6. The summed E-state index contributed by atoms with van der Waals surface area (Å²) in [6, 6.07) is 5.49. The average molecular weight is 751 g/mol. The number of methoxy groups -OCH3 is 3. The summed E-state index contributed by atoms with van der Waals surface area (Å²) in [5, 5.41) is 0. The summed E-state index contributed by atoms with van der Waals surface area (Å²) in [4.78, 5) is 74.3. The topological polar surface area (TPSA) is 204 Å². The van der Waals surface area contributed by atoms with Gasteiger partial charge < -0.3 is 52.1 Å². The molecule has 1 fully saturated rings. The van der Waals surface area contributed by atoms with Crippen LogP contribution in [0.5, 0.6) is 11.5 Å². The van der Waals surface area contributed by atoms with Gasteiger partial charge in [0.05, 0.1) is 46.2 Å². The molecule has 0 bridgehead atoms. The first kappa shape index (κ1) is 42.3. The van der Waals surface area contributed by atoms with Gasteiger partial charge in [0.25, 0.3) is 0 Å². The summed E-state index contributed by atoms with van der Waals surface area (Å²) in [6.45, 7) is 5.62. The first-order chi connectivity index (χ1) is 25.2. The van der Waals surface area contributed by atoms with Crippen LogP contribution in [-0.4, -0.2) is 107 Å². The van der Waals surface area contributed by atoms with Crippen LogP contribution in [0.3, 0.4) is 0 Å².